The maximum atomic E-state index is 14.6. The average Bonchev–Trinajstić information content (AvgIpc) is 2.94. The van der Waals surface area contributed by atoms with Crippen molar-refractivity contribution < 1.29 is 14.0 Å². The van der Waals surface area contributed by atoms with Crippen molar-refractivity contribution in [2.75, 3.05) is 37.6 Å². The first-order valence-electron chi connectivity index (χ1n) is 14.0. The second-order valence-electron chi connectivity index (χ2n) is 10.8. The maximum absolute atomic E-state index is 14.6. The van der Waals surface area contributed by atoms with E-state index in [-0.39, 0.29) is 18.4 Å². The molecule has 0 atom stereocenters. The molecule has 40 heavy (non-hydrogen) atoms. The van der Waals surface area contributed by atoms with E-state index in [1.807, 2.05) is 29.2 Å². The van der Waals surface area contributed by atoms with E-state index in [1.165, 1.54) is 12.1 Å². The van der Waals surface area contributed by atoms with E-state index in [2.05, 4.69) is 23.7 Å². The van der Waals surface area contributed by atoms with Crippen LogP contribution in [0.25, 0.3) is 0 Å². The first kappa shape index (κ1) is 29.7. The van der Waals surface area contributed by atoms with Gasteiger partial charge in [-0.25, -0.2) is 4.39 Å². The minimum Gasteiger partial charge on any atom is -0.338 e. The molecule has 0 saturated carbocycles. The van der Waals surface area contributed by atoms with Gasteiger partial charge in [-0.3, -0.25) is 14.6 Å². The molecule has 3 aromatic rings. The fourth-order valence-electron chi connectivity index (χ4n) is 5.23. The van der Waals surface area contributed by atoms with Crippen molar-refractivity contribution in [3.8, 4) is 0 Å². The fraction of sp³-hybridized carbons (Fsp3) is 0.406. The van der Waals surface area contributed by atoms with Crippen molar-refractivity contribution in [2.45, 2.75) is 46.1 Å². The largest absolute Gasteiger partial charge is 0.338 e. The van der Waals surface area contributed by atoms with Crippen LogP contribution in [-0.4, -0.2) is 59.3 Å². The Kier molecular flexibility index (Phi) is 10.7. The molecule has 1 aromatic heterocycles. The Hall–Kier alpha value is -3.29. The first-order valence-corrected chi connectivity index (χ1v) is 14.4. The molecule has 0 spiro atoms. The highest BCUT2D eigenvalue weighted by Crippen LogP contribution is 2.27. The van der Waals surface area contributed by atoms with Gasteiger partial charge >= 0.3 is 0 Å². The van der Waals surface area contributed by atoms with Crippen LogP contribution in [0.3, 0.4) is 0 Å². The van der Waals surface area contributed by atoms with Crippen LogP contribution in [0.2, 0.25) is 5.02 Å². The van der Waals surface area contributed by atoms with Crippen molar-refractivity contribution in [1.82, 2.24) is 14.8 Å². The molecule has 0 bridgehead atoms. The number of hydrogen-bond donors (Lipinski definition) is 0. The second kappa shape index (κ2) is 14.4. The van der Waals surface area contributed by atoms with Crippen molar-refractivity contribution in [3.63, 3.8) is 0 Å². The highest BCUT2D eigenvalue weighted by atomic mass is 35.5. The number of hydrogen-bond acceptors (Lipinski definition) is 4. The Morgan fingerprint density at radius 1 is 1.00 bits per heavy atom. The average molecular weight is 565 g/mol. The lowest BCUT2D eigenvalue weighted by atomic mass is 10.1. The van der Waals surface area contributed by atoms with Gasteiger partial charge in [-0.05, 0) is 91.9 Å². The number of pyridine rings is 1. The van der Waals surface area contributed by atoms with Crippen LogP contribution in [0.4, 0.5) is 10.1 Å². The summed E-state index contributed by atoms with van der Waals surface area (Å²) in [7, 11) is 0. The van der Waals surface area contributed by atoms with Crippen LogP contribution in [0.1, 0.15) is 54.6 Å². The van der Waals surface area contributed by atoms with Gasteiger partial charge in [-0.15, -0.1) is 0 Å². The molecular weight excluding hydrogens is 527 g/mol. The summed E-state index contributed by atoms with van der Waals surface area (Å²) in [6, 6.07) is 15.5. The number of carbonyl (C=O) groups excluding carboxylic acids is 2. The molecule has 2 amide bonds. The summed E-state index contributed by atoms with van der Waals surface area (Å²) < 4.78 is 14.6. The fourth-order valence-corrected chi connectivity index (χ4v) is 5.35. The molecule has 2 aromatic carbocycles. The third-order valence-electron chi connectivity index (χ3n) is 7.12. The van der Waals surface area contributed by atoms with Crippen LogP contribution < -0.4 is 4.90 Å². The molecular formula is C32H38ClFN4O2. The van der Waals surface area contributed by atoms with Crippen LogP contribution in [0.5, 0.6) is 0 Å². The van der Waals surface area contributed by atoms with Gasteiger partial charge in [0.1, 0.15) is 5.82 Å². The summed E-state index contributed by atoms with van der Waals surface area (Å²) in [4.78, 5) is 37.3. The van der Waals surface area contributed by atoms with Crippen molar-refractivity contribution in [3.05, 3.63) is 94.5 Å². The zero-order valence-electron chi connectivity index (χ0n) is 23.4. The molecule has 4 rings (SSSR count). The Balaban J connectivity index is 1.64. The number of anilines is 1. The minimum absolute atomic E-state index is 0.00256. The van der Waals surface area contributed by atoms with Gasteiger partial charge in [0.25, 0.3) is 5.91 Å². The molecule has 0 saturated heterocycles. The van der Waals surface area contributed by atoms with Crippen molar-refractivity contribution in [1.29, 1.82) is 0 Å². The normalized spacial score (nSPS) is 15.3. The number of aryl methyl sites for hydroxylation is 1. The van der Waals surface area contributed by atoms with Gasteiger partial charge in [0.05, 0.1) is 5.56 Å². The standard InChI is InChI=1S/C32H38ClFN4O2/c1-24(2)22-36-16-4-18-37(31(39)14-9-25-7-10-28(33)11-8-25)23-27-20-29(34)12-13-30(27)38(19-5-17-36)32(40)26-6-3-15-35-21-26/h3,6-8,10-13,15,20-21,24H,4-5,9,14,16-19,22-23H2,1-2H3. The van der Waals surface area contributed by atoms with Gasteiger partial charge in [0.2, 0.25) is 5.91 Å². The summed E-state index contributed by atoms with van der Waals surface area (Å²) >= 11 is 6.02. The van der Waals surface area contributed by atoms with Crippen LogP contribution in [-0.2, 0) is 17.8 Å². The third kappa shape index (κ3) is 8.35. The predicted molar refractivity (Wildman–Crippen MR) is 158 cm³/mol. The van der Waals surface area contributed by atoms with Gasteiger partial charge in [0.15, 0.2) is 0 Å². The smallest absolute Gasteiger partial charge is 0.259 e. The van der Waals surface area contributed by atoms with Gasteiger partial charge in [-0.1, -0.05) is 37.6 Å². The number of fused-ring (bicyclic) bond motifs is 1. The van der Waals surface area contributed by atoms with Gasteiger partial charge in [-0.2, -0.15) is 0 Å². The summed E-state index contributed by atoms with van der Waals surface area (Å²) in [6.45, 7) is 8.29. The molecule has 0 N–H and O–H groups in total. The van der Waals surface area contributed by atoms with Gasteiger partial charge in [0, 0.05) is 55.7 Å². The van der Waals surface area contributed by atoms with E-state index in [4.69, 9.17) is 11.6 Å². The van der Waals surface area contributed by atoms with Crippen LogP contribution in [0, 0.1) is 11.7 Å². The summed E-state index contributed by atoms with van der Waals surface area (Å²) in [5.74, 6) is -0.0741. The number of rotatable bonds is 6. The van der Waals surface area contributed by atoms with Crippen LogP contribution >= 0.6 is 11.6 Å². The molecule has 8 heteroatoms. The lowest BCUT2D eigenvalue weighted by molar-refractivity contribution is -0.131. The topological polar surface area (TPSA) is 56.8 Å². The molecule has 0 radical (unpaired) electrons. The first-order chi connectivity index (χ1) is 19.3. The number of aromatic nitrogens is 1. The molecule has 0 aliphatic carbocycles. The lowest BCUT2D eigenvalue weighted by Crippen LogP contribution is -2.39. The number of carbonyl (C=O) groups is 2. The zero-order chi connectivity index (χ0) is 28.5. The minimum atomic E-state index is -0.392. The number of nitrogens with zero attached hydrogens (tertiary/aromatic N) is 4. The number of amides is 2. The van der Waals surface area contributed by atoms with E-state index in [9.17, 15) is 14.0 Å². The molecule has 0 fully saturated rings. The highest BCUT2D eigenvalue weighted by Gasteiger charge is 2.24. The third-order valence-corrected chi connectivity index (χ3v) is 7.37. The quantitative estimate of drug-likeness (QED) is 0.356. The number of benzene rings is 2. The Morgan fingerprint density at radius 3 is 2.45 bits per heavy atom. The molecule has 2 heterocycles. The highest BCUT2D eigenvalue weighted by molar-refractivity contribution is 6.30. The van der Waals surface area contributed by atoms with E-state index in [0.717, 1.165) is 38.0 Å². The second-order valence-corrected chi connectivity index (χ2v) is 11.3. The van der Waals surface area contributed by atoms with Crippen molar-refractivity contribution in [2.24, 2.45) is 5.92 Å². The molecule has 1 aliphatic heterocycles. The van der Waals surface area contributed by atoms with E-state index >= 15 is 0 Å². The Morgan fingerprint density at radius 2 is 1.75 bits per heavy atom. The SMILES string of the molecule is CC(C)CN1CCCN(C(=O)CCc2ccc(Cl)cc2)Cc2cc(F)ccc2N(C(=O)c2cccnc2)CCC1. The molecule has 0 unspecified atom stereocenters. The molecule has 1 aliphatic rings. The van der Waals surface area contributed by atoms with Crippen molar-refractivity contribution >= 4 is 29.1 Å². The van der Waals surface area contributed by atoms with E-state index in [0.29, 0.717) is 53.7 Å². The van der Waals surface area contributed by atoms with Gasteiger partial charge < -0.3 is 14.7 Å². The van der Waals surface area contributed by atoms with E-state index in [1.54, 1.807) is 35.5 Å². The molecule has 6 nitrogen and oxygen atoms in total. The lowest BCUT2D eigenvalue weighted by Gasteiger charge is -2.32. The maximum Gasteiger partial charge on any atom is 0.259 e. The predicted octanol–water partition coefficient (Wildman–Crippen LogP) is 6.23. The number of halogens is 2. The summed E-state index contributed by atoms with van der Waals surface area (Å²) in [5.41, 5.74) is 2.76. The monoisotopic (exact) mass is 564 g/mol. The summed E-state index contributed by atoms with van der Waals surface area (Å²) in [5, 5.41) is 0.660. The summed E-state index contributed by atoms with van der Waals surface area (Å²) in [6.07, 6.45) is 5.71. The Bertz CT molecular complexity index is 1270. The Labute approximate surface area is 241 Å². The van der Waals surface area contributed by atoms with Crippen LogP contribution in [0.15, 0.2) is 67.0 Å². The zero-order valence-corrected chi connectivity index (χ0v) is 24.1. The molecule has 212 valence electrons. The van der Waals surface area contributed by atoms with E-state index < -0.39 is 5.82 Å².